The van der Waals surface area contributed by atoms with Crippen LogP contribution in [0.2, 0.25) is 0 Å². The first-order valence-electron chi connectivity index (χ1n) is 8.41. The molecule has 1 aliphatic heterocycles. The topological polar surface area (TPSA) is 113 Å². The van der Waals surface area contributed by atoms with Gasteiger partial charge in [-0.2, -0.15) is 0 Å². The quantitative estimate of drug-likeness (QED) is 0.531. The zero-order valence-corrected chi connectivity index (χ0v) is 13.9. The Labute approximate surface area is 149 Å². The number of hydrogen-bond acceptors (Lipinski definition) is 7. The number of hydrogen-bond donors (Lipinski definition) is 4. The molecule has 1 unspecified atom stereocenters. The van der Waals surface area contributed by atoms with Gasteiger partial charge in [-0.1, -0.05) is 30.3 Å². The minimum absolute atomic E-state index is 0.368. The van der Waals surface area contributed by atoms with E-state index in [1.807, 2.05) is 36.4 Å². The van der Waals surface area contributed by atoms with E-state index >= 15 is 0 Å². The highest BCUT2D eigenvalue weighted by Gasteiger charge is 2.43. The zero-order valence-electron chi connectivity index (χ0n) is 13.9. The summed E-state index contributed by atoms with van der Waals surface area (Å²) in [5, 5.41) is 33.5. The van der Waals surface area contributed by atoms with E-state index in [0.717, 1.165) is 10.9 Å². The summed E-state index contributed by atoms with van der Waals surface area (Å²) >= 11 is 0. The molecule has 0 aliphatic carbocycles. The van der Waals surface area contributed by atoms with Crippen LogP contribution in [0.4, 0.5) is 5.82 Å². The van der Waals surface area contributed by atoms with Crippen LogP contribution in [0, 0.1) is 0 Å². The summed E-state index contributed by atoms with van der Waals surface area (Å²) in [5.74, 6) is 0.671. The first-order chi connectivity index (χ1) is 12.7. The molecule has 1 saturated heterocycles. The Bertz CT molecular complexity index is 885. The van der Waals surface area contributed by atoms with Gasteiger partial charge >= 0.3 is 0 Å². The summed E-state index contributed by atoms with van der Waals surface area (Å²) in [5.41, 5.74) is 1.70. The molecule has 26 heavy (non-hydrogen) atoms. The van der Waals surface area contributed by atoms with Crippen LogP contribution >= 0.6 is 0 Å². The molecule has 1 aliphatic rings. The number of aliphatic hydroxyl groups is 3. The van der Waals surface area contributed by atoms with Gasteiger partial charge in [0.05, 0.1) is 12.0 Å². The van der Waals surface area contributed by atoms with Gasteiger partial charge in [-0.05, 0) is 11.6 Å². The minimum atomic E-state index is -1.15. The van der Waals surface area contributed by atoms with Crippen LogP contribution in [0.25, 0.3) is 11.0 Å². The van der Waals surface area contributed by atoms with E-state index in [9.17, 15) is 15.3 Å². The molecule has 136 valence electrons. The molecule has 0 saturated carbocycles. The van der Waals surface area contributed by atoms with E-state index in [0.29, 0.717) is 18.0 Å². The molecule has 4 rings (SSSR count). The van der Waals surface area contributed by atoms with Crippen molar-refractivity contribution in [2.45, 2.75) is 31.1 Å². The summed E-state index contributed by atoms with van der Waals surface area (Å²) in [6.45, 7) is 0.249. The van der Waals surface area contributed by atoms with E-state index in [1.165, 1.54) is 6.33 Å². The van der Waals surface area contributed by atoms with Crippen molar-refractivity contribution in [1.82, 2.24) is 14.5 Å². The van der Waals surface area contributed by atoms with E-state index in [-0.39, 0.29) is 6.61 Å². The van der Waals surface area contributed by atoms with Gasteiger partial charge < -0.3 is 29.9 Å². The van der Waals surface area contributed by atoms with Crippen LogP contribution in [0.5, 0.6) is 0 Å². The SMILES string of the molecule is OC[C@H]1OC(n2ccc3c(NCc4ccccc4)ncnc32)[C@H](O)[C@@H]1O. The molecule has 4 atom stereocenters. The normalized spacial score (nSPS) is 25.7. The summed E-state index contributed by atoms with van der Waals surface area (Å²) in [6, 6.07) is 11.8. The van der Waals surface area contributed by atoms with Gasteiger partial charge in [-0.3, -0.25) is 0 Å². The van der Waals surface area contributed by atoms with Crippen LogP contribution in [0.3, 0.4) is 0 Å². The standard InChI is InChI=1S/C18H20N4O4/c23-9-13-14(24)15(25)18(26-13)22-7-6-12-16(20-10-21-17(12)22)19-8-11-4-2-1-3-5-11/h1-7,10,13-15,18,23-25H,8-9H2,(H,19,20,21)/t13-,14-,15-,18?/m1/s1. The number of nitrogens with zero attached hydrogens (tertiary/aromatic N) is 3. The van der Waals surface area contributed by atoms with Gasteiger partial charge in [-0.15, -0.1) is 0 Å². The number of anilines is 1. The second kappa shape index (κ2) is 7.00. The van der Waals surface area contributed by atoms with Crippen LogP contribution in [-0.2, 0) is 11.3 Å². The van der Waals surface area contributed by atoms with Crippen molar-refractivity contribution in [2.24, 2.45) is 0 Å². The van der Waals surface area contributed by atoms with Gasteiger partial charge in [0, 0.05) is 12.7 Å². The predicted molar refractivity (Wildman–Crippen MR) is 94.3 cm³/mol. The van der Waals surface area contributed by atoms with Gasteiger partial charge in [0.25, 0.3) is 0 Å². The Morgan fingerprint density at radius 3 is 2.62 bits per heavy atom. The molecular weight excluding hydrogens is 336 g/mol. The number of aliphatic hydroxyl groups excluding tert-OH is 3. The Balaban J connectivity index is 1.61. The van der Waals surface area contributed by atoms with E-state index in [2.05, 4.69) is 15.3 Å². The van der Waals surface area contributed by atoms with Crippen molar-refractivity contribution in [3.05, 3.63) is 54.5 Å². The number of ether oxygens (including phenoxy) is 1. The van der Waals surface area contributed by atoms with Crippen LogP contribution in [-0.4, -0.2) is 54.8 Å². The van der Waals surface area contributed by atoms with Gasteiger partial charge in [0.1, 0.15) is 36.1 Å². The summed E-state index contributed by atoms with van der Waals surface area (Å²) in [6.07, 6.45) is -0.791. The van der Waals surface area contributed by atoms with Gasteiger partial charge in [-0.25, -0.2) is 9.97 Å². The summed E-state index contributed by atoms with van der Waals surface area (Å²) < 4.78 is 7.24. The summed E-state index contributed by atoms with van der Waals surface area (Å²) in [4.78, 5) is 8.59. The van der Waals surface area contributed by atoms with E-state index < -0.39 is 24.5 Å². The van der Waals surface area contributed by atoms with Crippen LogP contribution < -0.4 is 5.32 Å². The van der Waals surface area contributed by atoms with Crippen molar-refractivity contribution >= 4 is 16.9 Å². The Kier molecular flexibility index (Phi) is 4.56. The maximum atomic E-state index is 10.2. The molecule has 8 heteroatoms. The largest absolute Gasteiger partial charge is 0.394 e. The molecule has 1 fully saturated rings. The average Bonchev–Trinajstić information content (AvgIpc) is 3.23. The second-order valence-corrected chi connectivity index (χ2v) is 6.25. The van der Waals surface area contributed by atoms with Crippen molar-refractivity contribution in [2.75, 3.05) is 11.9 Å². The third-order valence-electron chi connectivity index (χ3n) is 4.60. The van der Waals surface area contributed by atoms with Crippen LogP contribution in [0.15, 0.2) is 48.9 Å². The average molecular weight is 356 g/mol. The lowest BCUT2D eigenvalue weighted by atomic mass is 10.1. The van der Waals surface area contributed by atoms with Gasteiger partial charge in [0.2, 0.25) is 0 Å². The number of fused-ring (bicyclic) bond motifs is 1. The number of nitrogens with one attached hydrogen (secondary N) is 1. The van der Waals surface area contributed by atoms with Crippen molar-refractivity contribution in [1.29, 1.82) is 0 Å². The molecular formula is C18H20N4O4. The maximum absolute atomic E-state index is 10.2. The number of benzene rings is 1. The summed E-state index contributed by atoms with van der Waals surface area (Å²) in [7, 11) is 0. The molecule has 0 bridgehead atoms. The Morgan fingerprint density at radius 1 is 1.08 bits per heavy atom. The Hall–Kier alpha value is -2.52. The fourth-order valence-electron chi connectivity index (χ4n) is 3.21. The second-order valence-electron chi connectivity index (χ2n) is 6.25. The molecule has 2 aromatic heterocycles. The third-order valence-corrected chi connectivity index (χ3v) is 4.60. The fourth-order valence-corrected chi connectivity index (χ4v) is 3.21. The number of rotatable bonds is 5. The lowest BCUT2D eigenvalue weighted by Crippen LogP contribution is -2.33. The third kappa shape index (κ3) is 2.93. The minimum Gasteiger partial charge on any atom is -0.394 e. The Morgan fingerprint density at radius 2 is 1.88 bits per heavy atom. The molecule has 0 amide bonds. The number of aromatic nitrogens is 3. The van der Waals surface area contributed by atoms with E-state index in [1.54, 1.807) is 10.8 Å². The highest BCUT2D eigenvalue weighted by molar-refractivity contribution is 5.87. The smallest absolute Gasteiger partial charge is 0.164 e. The zero-order chi connectivity index (χ0) is 18.1. The predicted octanol–water partition coefficient (Wildman–Crippen LogP) is 0.655. The molecule has 0 spiro atoms. The van der Waals surface area contributed by atoms with Crippen molar-refractivity contribution < 1.29 is 20.1 Å². The molecule has 3 aromatic rings. The maximum Gasteiger partial charge on any atom is 0.164 e. The molecule has 0 radical (unpaired) electrons. The fraction of sp³-hybridized carbons (Fsp3) is 0.333. The van der Waals surface area contributed by atoms with Crippen molar-refractivity contribution in [3.8, 4) is 0 Å². The first-order valence-corrected chi connectivity index (χ1v) is 8.41. The highest BCUT2D eigenvalue weighted by Crippen LogP contribution is 2.33. The van der Waals surface area contributed by atoms with E-state index in [4.69, 9.17) is 4.74 Å². The molecule has 4 N–H and O–H groups in total. The highest BCUT2D eigenvalue weighted by atomic mass is 16.6. The lowest BCUT2D eigenvalue weighted by Gasteiger charge is -2.17. The molecule has 3 heterocycles. The van der Waals surface area contributed by atoms with Crippen molar-refractivity contribution in [3.63, 3.8) is 0 Å². The monoisotopic (exact) mass is 356 g/mol. The first kappa shape index (κ1) is 16.9. The van der Waals surface area contributed by atoms with Crippen LogP contribution in [0.1, 0.15) is 11.8 Å². The lowest BCUT2D eigenvalue weighted by molar-refractivity contribution is -0.0508. The van der Waals surface area contributed by atoms with Gasteiger partial charge in [0.15, 0.2) is 6.23 Å². The molecule has 1 aromatic carbocycles. The molecule has 8 nitrogen and oxygen atoms in total.